The second kappa shape index (κ2) is 8.76. The molecular formula is C34H33N2O2+. The molecule has 2 aromatic rings. The fourth-order valence-electron chi connectivity index (χ4n) is 6.99. The van der Waals surface area contributed by atoms with E-state index in [4.69, 9.17) is 0 Å². The van der Waals surface area contributed by atoms with Gasteiger partial charge < -0.3 is 4.90 Å². The predicted molar refractivity (Wildman–Crippen MR) is 154 cm³/mol. The highest BCUT2D eigenvalue weighted by Crippen LogP contribution is 2.56. The van der Waals surface area contributed by atoms with Gasteiger partial charge in [0.25, 0.3) is 0 Å². The van der Waals surface area contributed by atoms with E-state index < -0.39 is 5.41 Å². The molecule has 0 radical (unpaired) electrons. The van der Waals surface area contributed by atoms with Crippen molar-refractivity contribution in [2.45, 2.75) is 27.2 Å². The van der Waals surface area contributed by atoms with Crippen molar-refractivity contribution in [2.24, 2.45) is 17.3 Å². The van der Waals surface area contributed by atoms with Crippen LogP contribution in [0.5, 0.6) is 0 Å². The molecule has 0 amide bonds. The van der Waals surface area contributed by atoms with Gasteiger partial charge in [-0.25, -0.2) is 0 Å². The number of Topliss-reactive ketones (excluding diaryl/α,β-unsaturated/α-hetero) is 1. The Morgan fingerprint density at radius 2 is 1.82 bits per heavy atom. The van der Waals surface area contributed by atoms with E-state index in [-0.39, 0.29) is 17.5 Å². The molecule has 0 saturated carbocycles. The lowest BCUT2D eigenvalue weighted by Gasteiger charge is -2.36. The molecule has 4 aliphatic rings. The summed E-state index contributed by atoms with van der Waals surface area (Å²) >= 11 is 0. The molecule has 2 aliphatic heterocycles. The zero-order valence-electron chi connectivity index (χ0n) is 22.7. The van der Waals surface area contributed by atoms with Crippen molar-refractivity contribution in [1.29, 1.82) is 0 Å². The first-order valence-electron chi connectivity index (χ1n) is 13.3. The van der Waals surface area contributed by atoms with Crippen molar-refractivity contribution in [3.05, 3.63) is 108 Å². The molecule has 38 heavy (non-hydrogen) atoms. The van der Waals surface area contributed by atoms with E-state index in [9.17, 15) is 9.59 Å². The smallest absolute Gasteiger partial charge is 0.215 e. The number of benzene rings is 2. The zero-order valence-corrected chi connectivity index (χ0v) is 22.7. The number of ketones is 2. The summed E-state index contributed by atoms with van der Waals surface area (Å²) in [5.41, 5.74) is 7.15. The molecule has 4 nitrogen and oxygen atoms in total. The highest BCUT2D eigenvalue weighted by Gasteiger charge is 2.50. The minimum atomic E-state index is -0.467. The van der Waals surface area contributed by atoms with Crippen LogP contribution in [0, 0.1) is 17.3 Å². The quantitative estimate of drug-likeness (QED) is 0.353. The van der Waals surface area contributed by atoms with Crippen LogP contribution in [0.15, 0.2) is 102 Å². The zero-order chi connectivity index (χ0) is 26.8. The molecule has 0 saturated heterocycles. The number of rotatable bonds is 4. The third kappa shape index (κ3) is 3.54. The number of nitrogens with zero attached hydrogens (tertiary/aromatic N) is 2. The van der Waals surface area contributed by atoms with E-state index in [0.717, 1.165) is 39.0 Å². The van der Waals surface area contributed by atoms with Crippen molar-refractivity contribution < 1.29 is 14.2 Å². The molecule has 0 aromatic heterocycles. The lowest BCUT2D eigenvalue weighted by molar-refractivity contribution is -0.399. The average molecular weight is 502 g/mol. The van der Waals surface area contributed by atoms with Crippen molar-refractivity contribution in [3.63, 3.8) is 0 Å². The van der Waals surface area contributed by atoms with E-state index >= 15 is 0 Å². The molecule has 3 atom stereocenters. The molecule has 0 N–H and O–H groups in total. The van der Waals surface area contributed by atoms with Gasteiger partial charge in [0.1, 0.15) is 12.8 Å². The Morgan fingerprint density at radius 3 is 2.58 bits per heavy atom. The lowest BCUT2D eigenvalue weighted by Crippen LogP contribution is -2.30. The minimum Gasteiger partial charge on any atom is -0.347 e. The van der Waals surface area contributed by atoms with Gasteiger partial charge >= 0.3 is 0 Å². The molecule has 2 heterocycles. The first-order chi connectivity index (χ1) is 18.2. The van der Waals surface area contributed by atoms with Gasteiger partial charge in [-0.1, -0.05) is 54.6 Å². The number of allylic oxidation sites excluding steroid dienone is 10. The van der Waals surface area contributed by atoms with Crippen molar-refractivity contribution in [1.82, 2.24) is 4.90 Å². The summed E-state index contributed by atoms with van der Waals surface area (Å²) in [4.78, 5) is 27.5. The number of hydrogen-bond donors (Lipinski definition) is 0. The van der Waals surface area contributed by atoms with Crippen LogP contribution < -0.4 is 0 Å². The molecule has 2 aromatic carbocycles. The summed E-state index contributed by atoms with van der Waals surface area (Å²) in [6, 6.07) is 12.6. The number of fused-ring (bicyclic) bond motifs is 5. The molecular weight excluding hydrogens is 468 g/mol. The number of likely N-dealkylation sites (N-methyl/N-ethyl adjacent to an activating group) is 1. The highest BCUT2D eigenvalue weighted by molar-refractivity contribution is 6.35. The SMILES string of the molecule is CC(=O)/C=C1\C(/C=C2/N(C)C3=C(C4C=CC=CC4C=C3)C2(C)CC(C)=O)=[N+](C)c2ccc3ccccc3c21. The van der Waals surface area contributed by atoms with Crippen LogP contribution in [0.3, 0.4) is 0 Å². The third-order valence-electron chi connectivity index (χ3n) is 8.54. The topological polar surface area (TPSA) is 40.4 Å². The van der Waals surface area contributed by atoms with E-state index in [1.165, 1.54) is 11.3 Å². The summed E-state index contributed by atoms with van der Waals surface area (Å²) in [5, 5.41) is 2.28. The minimum absolute atomic E-state index is 0.0127. The maximum atomic E-state index is 12.7. The third-order valence-corrected chi connectivity index (χ3v) is 8.54. The van der Waals surface area contributed by atoms with E-state index in [1.807, 2.05) is 12.1 Å². The van der Waals surface area contributed by atoms with E-state index in [0.29, 0.717) is 12.3 Å². The Hall–Kier alpha value is -4.05. The second-order valence-corrected chi connectivity index (χ2v) is 11.1. The van der Waals surface area contributed by atoms with Crippen molar-refractivity contribution in [3.8, 4) is 0 Å². The summed E-state index contributed by atoms with van der Waals surface area (Å²) in [6.45, 7) is 5.51. The Bertz CT molecular complexity index is 1640. The summed E-state index contributed by atoms with van der Waals surface area (Å²) in [7, 11) is 4.17. The predicted octanol–water partition coefficient (Wildman–Crippen LogP) is 6.54. The van der Waals surface area contributed by atoms with Crippen LogP contribution in [-0.4, -0.2) is 40.8 Å². The summed E-state index contributed by atoms with van der Waals surface area (Å²) in [6.07, 6.45) is 17.6. The maximum absolute atomic E-state index is 12.7. The van der Waals surface area contributed by atoms with Gasteiger partial charge in [0.15, 0.2) is 5.78 Å². The van der Waals surface area contributed by atoms with Gasteiger partial charge in [-0.15, -0.1) is 0 Å². The monoisotopic (exact) mass is 501 g/mol. The molecule has 190 valence electrons. The largest absolute Gasteiger partial charge is 0.347 e. The summed E-state index contributed by atoms with van der Waals surface area (Å²) < 4.78 is 2.19. The molecule has 4 heteroatoms. The molecule has 0 fully saturated rings. The van der Waals surface area contributed by atoms with Crippen LogP contribution in [-0.2, 0) is 9.59 Å². The Balaban J connectivity index is 1.56. The van der Waals surface area contributed by atoms with Gasteiger partial charge in [-0.3, -0.25) is 9.59 Å². The first-order valence-corrected chi connectivity index (χ1v) is 13.3. The molecule has 6 rings (SSSR count). The van der Waals surface area contributed by atoms with Crippen LogP contribution in [0.25, 0.3) is 16.3 Å². The fraction of sp³-hybridized carbons (Fsp3) is 0.265. The molecule has 2 aliphatic carbocycles. The first kappa shape index (κ1) is 24.3. The molecule has 0 spiro atoms. The number of carbonyl (C=O) groups excluding carboxylic acids is 2. The van der Waals surface area contributed by atoms with E-state index in [1.54, 1.807) is 19.9 Å². The van der Waals surface area contributed by atoms with Crippen LogP contribution >= 0.6 is 0 Å². The van der Waals surface area contributed by atoms with Gasteiger partial charge in [0, 0.05) is 54.3 Å². The standard InChI is InChI=1S/C34H33N2O2/c1-21(37)18-27-30(35(4)28-16-14-23-10-6-8-12-25(23)32(27)28)19-31-34(3,20-22(2)38)33-26-13-9-7-11-24(26)15-17-29(33)36(31)5/h6-19,24,26H,20H2,1-5H3/q+1/b27-18+. The lowest BCUT2D eigenvalue weighted by atomic mass is 9.66. The van der Waals surface area contributed by atoms with E-state index in [2.05, 4.69) is 97.3 Å². The number of hydrogen-bond acceptors (Lipinski definition) is 3. The maximum Gasteiger partial charge on any atom is 0.215 e. The Labute approximate surface area is 224 Å². The molecule has 0 bridgehead atoms. The second-order valence-electron chi connectivity index (χ2n) is 11.1. The van der Waals surface area contributed by atoms with Crippen LogP contribution in [0.1, 0.15) is 32.8 Å². The number of carbonyl (C=O) groups is 2. The van der Waals surface area contributed by atoms with Crippen molar-refractivity contribution in [2.75, 3.05) is 14.1 Å². The fourth-order valence-corrected chi connectivity index (χ4v) is 6.99. The van der Waals surface area contributed by atoms with Crippen LogP contribution in [0.4, 0.5) is 5.69 Å². The van der Waals surface area contributed by atoms with Gasteiger partial charge in [0.2, 0.25) is 11.4 Å². The Morgan fingerprint density at radius 1 is 1.05 bits per heavy atom. The van der Waals surface area contributed by atoms with Gasteiger partial charge in [0.05, 0.1) is 11.1 Å². The van der Waals surface area contributed by atoms with Crippen molar-refractivity contribution >= 4 is 39.3 Å². The van der Waals surface area contributed by atoms with Gasteiger partial charge in [-0.2, -0.15) is 4.58 Å². The molecule has 3 unspecified atom stereocenters. The Kier molecular flexibility index (Phi) is 5.60. The normalized spacial score (nSPS) is 27.6. The van der Waals surface area contributed by atoms with Gasteiger partial charge in [-0.05, 0) is 55.3 Å². The average Bonchev–Trinajstić information content (AvgIpc) is 3.27. The highest BCUT2D eigenvalue weighted by atomic mass is 16.1. The summed E-state index contributed by atoms with van der Waals surface area (Å²) in [5.74, 6) is 0.694. The van der Waals surface area contributed by atoms with Crippen LogP contribution in [0.2, 0.25) is 0 Å².